The van der Waals surface area contributed by atoms with Crippen LogP contribution in [0.3, 0.4) is 0 Å². The molecule has 4 heteroatoms. The molecule has 2 N–H and O–H groups in total. The van der Waals surface area contributed by atoms with Gasteiger partial charge in [0.05, 0.1) is 17.9 Å². The summed E-state index contributed by atoms with van der Waals surface area (Å²) in [4.78, 5) is 6.56. The molecule has 3 nitrogen and oxygen atoms in total. The number of para-hydroxylation sites is 2. The predicted molar refractivity (Wildman–Crippen MR) is 69.8 cm³/mol. The Hall–Kier alpha value is -1.55. The highest BCUT2D eigenvalue weighted by Gasteiger charge is 2.07. The van der Waals surface area contributed by atoms with Crippen molar-refractivity contribution in [2.75, 3.05) is 17.7 Å². The molecule has 1 aromatic carbocycles. The lowest BCUT2D eigenvalue weighted by Crippen LogP contribution is -2.17. The highest BCUT2D eigenvalue weighted by Crippen LogP contribution is 2.23. The summed E-state index contributed by atoms with van der Waals surface area (Å²) in [5.41, 5.74) is 8.86. The van der Waals surface area contributed by atoms with Gasteiger partial charge >= 0.3 is 0 Å². The Balaban J connectivity index is 2.14. The second kappa shape index (κ2) is 4.53. The quantitative estimate of drug-likeness (QED) is 0.829. The first-order valence-electron chi connectivity index (χ1n) is 5.13. The van der Waals surface area contributed by atoms with Gasteiger partial charge in [-0.15, -0.1) is 11.3 Å². The molecular formula is C12H15N3S. The molecule has 0 bridgehead atoms. The van der Waals surface area contributed by atoms with Crippen LogP contribution in [0.1, 0.15) is 10.7 Å². The van der Waals surface area contributed by atoms with E-state index < -0.39 is 0 Å². The number of nitrogen functional groups attached to an aromatic ring is 1. The minimum atomic E-state index is 0.798. The van der Waals surface area contributed by atoms with Crippen molar-refractivity contribution in [2.45, 2.75) is 13.5 Å². The number of anilines is 2. The summed E-state index contributed by atoms with van der Waals surface area (Å²) in [5.74, 6) is 0. The fourth-order valence-electron chi connectivity index (χ4n) is 1.60. The zero-order chi connectivity index (χ0) is 11.5. The van der Waals surface area contributed by atoms with Crippen molar-refractivity contribution in [2.24, 2.45) is 0 Å². The van der Waals surface area contributed by atoms with Gasteiger partial charge in [-0.3, -0.25) is 0 Å². The minimum absolute atomic E-state index is 0.798. The summed E-state index contributed by atoms with van der Waals surface area (Å²) < 4.78 is 0. The molecule has 0 atom stereocenters. The average Bonchev–Trinajstić information content (AvgIpc) is 2.64. The summed E-state index contributed by atoms with van der Waals surface area (Å²) in [6.45, 7) is 2.81. The Bertz CT molecular complexity index is 479. The Morgan fingerprint density at radius 2 is 2.12 bits per heavy atom. The summed E-state index contributed by atoms with van der Waals surface area (Å²) >= 11 is 1.68. The number of rotatable bonds is 3. The van der Waals surface area contributed by atoms with Crippen molar-refractivity contribution < 1.29 is 0 Å². The number of nitrogens with two attached hydrogens (primary N) is 1. The maximum absolute atomic E-state index is 5.92. The first-order chi connectivity index (χ1) is 7.66. The molecule has 1 aromatic heterocycles. The van der Waals surface area contributed by atoms with E-state index in [1.54, 1.807) is 11.3 Å². The van der Waals surface area contributed by atoms with E-state index in [9.17, 15) is 0 Å². The van der Waals surface area contributed by atoms with Crippen molar-refractivity contribution in [1.82, 2.24) is 4.98 Å². The van der Waals surface area contributed by atoms with Crippen LogP contribution in [-0.4, -0.2) is 12.0 Å². The Morgan fingerprint density at radius 3 is 2.75 bits per heavy atom. The van der Waals surface area contributed by atoms with Gasteiger partial charge in [-0.25, -0.2) is 4.98 Å². The molecule has 2 rings (SSSR count). The highest BCUT2D eigenvalue weighted by molar-refractivity contribution is 7.09. The number of aromatic nitrogens is 1. The lowest BCUT2D eigenvalue weighted by Gasteiger charge is -2.19. The van der Waals surface area contributed by atoms with E-state index in [1.807, 2.05) is 38.2 Å². The molecule has 0 spiro atoms. The van der Waals surface area contributed by atoms with Crippen LogP contribution in [0.15, 0.2) is 29.6 Å². The van der Waals surface area contributed by atoms with Crippen LogP contribution < -0.4 is 10.6 Å². The number of aryl methyl sites for hydroxylation is 1. The summed E-state index contributed by atoms with van der Waals surface area (Å²) in [7, 11) is 2.03. The Kier molecular flexibility index (Phi) is 3.10. The van der Waals surface area contributed by atoms with E-state index >= 15 is 0 Å². The van der Waals surface area contributed by atoms with Crippen molar-refractivity contribution in [3.05, 3.63) is 40.3 Å². The van der Waals surface area contributed by atoms with Gasteiger partial charge in [0.25, 0.3) is 0 Å². The van der Waals surface area contributed by atoms with Gasteiger partial charge in [0.15, 0.2) is 0 Å². The molecule has 0 saturated heterocycles. The largest absolute Gasteiger partial charge is 0.397 e. The maximum Gasteiger partial charge on any atom is 0.112 e. The van der Waals surface area contributed by atoms with Crippen LogP contribution in [0, 0.1) is 6.92 Å². The fourth-order valence-corrected chi connectivity index (χ4v) is 2.42. The lowest BCUT2D eigenvalue weighted by molar-refractivity contribution is 0.906. The minimum Gasteiger partial charge on any atom is -0.397 e. The highest BCUT2D eigenvalue weighted by atomic mass is 32.1. The van der Waals surface area contributed by atoms with Crippen LogP contribution in [-0.2, 0) is 6.54 Å². The van der Waals surface area contributed by atoms with E-state index in [0.717, 1.165) is 28.6 Å². The zero-order valence-electron chi connectivity index (χ0n) is 9.47. The molecule has 0 aliphatic heterocycles. The third-order valence-electron chi connectivity index (χ3n) is 2.39. The SMILES string of the molecule is Cc1csc(CN(C)c2ccccc2N)n1. The molecule has 0 fully saturated rings. The van der Waals surface area contributed by atoms with Gasteiger partial charge < -0.3 is 10.6 Å². The van der Waals surface area contributed by atoms with Gasteiger partial charge in [-0.2, -0.15) is 0 Å². The van der Waals surface area contributed by atoms with Gasteiger partial charge in [0.1, 0.15) is 5.01 Å². The van der Waals surface area contributed by atoms with Crippen LogP contribution >= 0.6 is 11.3 Å². The van der Waals surface area contributed by atoms with Crippen molar-refractivity contribution in [3.63, 3.8) is 0 Å². The molecule has 16 heavy (non-hydrogen) atoms. The smallest absolute Gasteiger partial charge is 0.112 e. The number of hydrogen-bond acceptors (Lipinski definition) is 4. The van der Waals surface area contributed by atoms with Crippen LogP contribution in [0.25, 0.3) is 0 Å². The predicted octanol–water partition coefficient (Wildman–Crippen LogP) is 2.67. The van der Waals surface area contributed by atoms with E-state index in [0.29, 0.717) is 0 Å². The molecule has 2 aromatic rings. The molecule has 0 radical (unpaired) electrons. The summed E-state index contributed by atoms with van der Waals surface area (Å²) in [5, 5.41) is 3.18. The van der Waals surface area contributed by atoms with E-state index in [1.165, 1.54) is 0 Å². The van der Waals surface area contributed by atoms with Crippen LogP contribution in [0.2, 0.25) is 0 Å². The third-order valence-corrected chi connectivity index (χ3v) is 3.34. The topological polar surface area (TPSA) is 42.1 Å². The molecule has 0 amide bonds. The van der Waals surface area contributed by atoms with Crippen molar-refractivity contribution in [1.29, 1.82) is 0 Å². The monoisotopic (exact) mass is 233 g/mol. The Labute approximate surface area is 99.5 Å². The summed E-state index contributed by atoms with van der Waals surface area (Å²) in [6, 6.07) is 7.88. The molecule has 1 heterocycles. The first kappa shape index (κ1) is 11.0. The number of benzene rings is 1. The van der Waals surface area contributed by atoms with Crippen molar-refractivity contribution >= 4 is 22.7 Å². The zero-order valence-corrected chi connectivity index (χ0v) is 10.3. The first-order valence-corrected chi connectivity index (χ1v) is 6.01. The Morgan fingerprint density at radius 1 is 1.38 bits per heavy atom. The van der Waals surface area contributed by atoms with Crippen molar-refractivity contribution in [3.8, 4) is 0 Å². The van der Waals surface area contributed by atoms with Gasteiger partial charge in [0, 0.05) is 18.1 Å². The molecular weight excluding hydrogens is 218 g/mol. The second-order valence-electron chi connectivity index (χ2n) is 3.80. The van der Waals surface area contributed by atoms with E-state index in [-0.39, 0.29) is 0 Å². The maximum atomic E-state index is 5.92. The van der Waals surface area contributed by atoms with E-state index in [4.69, 9.17) is 5.73 Å². The van der Waals surface area contributed by atoms with E-state index in [2.05, 4.69) is 15.3 Å². The molecule has 0 aliphatic rings. The summed E-state index contributed by atoms with van der Waals surface area (Å²) in [6.07, 6.45) is 0. The molecule has 0 saturated carbocycles. The molecule has 84 valence electrons. The van der Waals surface area contributed by atoms with Crippen LogP contribution in [0.5, 0.6) is 0 Å². The second-order valence-corrected chi connectivity index (χ2v) is 4.74. The number of thiazole rings is 1. The molecule has 0 unspecified atom stereocenters. The lowest BCUT2D eigenvalue weighted by atomic mass is 10.2. The number of hydrogen-bond donors (Lipinski definition) is 1. The average molecular weight is 233 g/mol. The normalized spacial score (nSPS) is 10.4. The van der Waals surface area contributed by atoms with Crippen LogP contribution in [0.4, 0.5) is 11.4 Å². The van der Waals surface area contributed by atoms with Gasteiger partial charge in [-0.05, 0) is 19.1 Å². The number of nitrogens with zero attached hydrogens (tertiary/aromatic N) is 2. The third kappa shape index (κ3) is 2.33. The van der Waals surface area contributed by atoms with Gasteiger partial charge in [0.2, 0.25) is 0 Å². The fraction of sp³-hybridized carbons (Fsp3) is 0.250. The molecule has 0 aliphatic carbocycles. The van der Waals surface area contributed by atoms with Gasteiger partial charge in [-0.1, -0.05) is 12.1 Å². The standard InChI is InChI=1S/C12H15N3S/c1-9-8-16-12(14-9)7-15(2)11-6-4-3-5-10(11)13/h3-6,8H,7,13H2,1-2H3.